The molecule has 4 rings (SSSR count). The predicted octanol–water partition coefficient (Wildman–Crippen LogP) is 4.71. The molecule has 0 radical (unpaired) electrons. The monoisotopic (exact) mass is 461 g/mol. The third-order valence-electron chi connectivity index (χ3n) is 5.59. The lowest BCUT2D eigenvalue weighted by molar-refractivity contribution is 0.109. The first-order valence-electron chi connectivity index (χ1n) is 10.3. The van der Waals surface area contributed by atoms with Crippen molar-refractivity contribution in [3.05, 3.63) is 47.3 Å². The molecule has 7 nitrogen and oxygen atoms in total. The number of ether oxygens (including phenoxy) is 1. The van der Waals surface area contributed by atoms with E-state index in [0.717, 1.165) is 13.1 Å². The Balaban J connectivity index is 1.67. The number of anilines is 1. The number of aromatic nitrogens is 1. The SMILES string of the molecule is COc1ccccc1NS(=O)(=O)c1ccc2oc(=S)n(CN3C[C@H](C)C[C@H](C)C3)c2c1. The van der Waals surface area contributed by atoms with E-state index in [1.54, 1.807) is 36.4 Å². The first kappa shape index (κ1) is 21.9. The number of sulfonamides is 1. The Morgan fingerprint density at radius 3 is 2.58 bits per heavy atom. The molecule has 0 bridgehead atoms. The van der Waals surface area contributed by atoms with Gasteiger partial charge in [-0.2, -0.15) is 0 Å². The molecule has 0 unspecified atom stereocenters. The number of piperidine rings is 1. The number of nitrogens with zero attached hydrogens (tertiary/aromatic N) is 2. The Morgan fingerprint density at radius 2 is 1.87 bits per heavy atom. The van der Waals surface area contributed by atoms with E-state index in [2.05, 4.69) is 23.5 Å². The number of fused-ring (bicyclic) bond motifs is 1. The van der Waals surface area contributed by atoms with Crippen LogP contribution < -0.4 is 9.46 Å². The topological polar surface area (TPSA) is 76.7 Å². The minimum Gasteiger partial charge on any atom is -0.495 e. The van der Waals surface area contributed by atoms with Crippen LogP contribution in [0.4, 0.5) is 5.69 Å². The van der Waals surface area contributed by atoms with Gasteiger partial charge in [-0.1, -0.05) is 26.0 Å². The molecule has 31 heavy (non-hydrogen) atoms. The van der Waals surface area contributed by atoms with Gasteiger partial charge in [0.2, 0.25) is 0 Å². The number of nitrogens with one attached hydrogen (secondary N) is 1. The molecule has 3 aromatic rings. The first-order chi connectivity index (χ1) is 14.8. The number of rotatable bonds is 6. The second-order valence-electron chi connectivity index (χ2n) is 8.35. The standard InChI is InChI=1S/C22H27N3O4S2/c1-15-10-16(2)13-24(12-15)14-25-19-11-17(8-9-21(19)29-22(25)30)31(26,27)23-18-6-4-5-7-20(18)28-3/h4-9,11,15-16,23H,10,12-14H2,1-3H3/t15-,16+. The summed E-state index contributed by atoms with van der Waals surface area (Å²) in [6.07, 6.45) is 1.21. The van der Waals surface area contributed by atoms with Crippen LogP contribution in [0.25, 0.3) is 11.1 Å². The van der Waals surface area contributed by atoms with Crippen LogP contribution in [0.3, 0.4) is 0 Å². The Kier molecular flexibility index (Phi) is 6.09. The highest BCUT2D eigenvalue weighted by atomic mass is 32.2. The predicted molar refractivity (Wildman–Crippen MR) is 123 cm³/mol. The average molecular weight is 462 g/mol. The molecule has 1 N–H and O–H groups in total. The average Bonchev–Trinajstić information content (AvgIpc) is 3.02. The number of hydrogen-bond donors (Lipinski definition) is 1. The highest BCUT2D eigenvalue weighted by Gasteiger charge is 2.24. The number of hydrogen-bond acceptors (Lipinski definition) is 6. The quantitative estimate of drug-likeness (QED) is 0.536. The van der Waals surface area contributed by atoms with Crippen LogP contribution in [0.1, 0.15) is 20.3 Å². The van der Waals surface area contributed by atoms with E-state index in [9.17, 15) is 8.42 Å². The van der Waals surface area contributed by atoms with Crippen molar-refractivity contribution < 1.29 is 17.6 Å². The van der Waals surface area contributed by atoms with Crippen molar-refractivity contribution >= 4 is 39.0 Å². The van der Waals surface area contributed by atoms with Gasteiger partial charge in [0, 0.05) is 13.1 Å². The van der Waals surface area contributed by atoms with Crippen molar-refractivity contribution in [3.63, 3.8) is 0 Å². The van der Waals surface area contributed by atoms with E-state index >= 15 is 0 Å². The van der Waals surface area contributed by atoms with Gasteiger partial charge >= 0.3 is 0 Å². The summed E-state index contributed by atoms with van der Waals surface area (Å²) in [7, 11) is -2.33. The minimum absolute atomic E-state index is 0.135. The molecule has 0 aliphatic carbocycles. The molecule has 0 amide bonds. The summed E-state index contributed by atoms with van der Waals surface area (Å²) in [4.78, 5) is 2.82. The van der Waals surface area contributed by atoms with Gasteiger partial charge in [0.1, 0.15) is 5.75 Å². The van der Waals surface area contributed by atoms with E-state index in [1.165, 1.54) is 19.6 Å². The lowest BCUT2D eigenvalue weighted by Gasteiger charge is -2.34. The number of para-hydroxylation sites is 2. The fourth-order valence-electron chi connectivity index (χ4n) is 4.38. The number of methoxy groups -OCH3 is 1. The van der Waals surface area contributed by atoms with Crippen LogP contribution in [0.2, 0.25) is 0 Å². The molecule has 9 heteroatoms. The van der Waals surface area contributed by atoms with E-state index in [-0.39, 0.29) is 4.90 Å². The number of oxazole rings is 1. The van der Waals surface area contributed by atoms with Crippen molar-refractivity contribution in [1.29, 1.82) is 0 Å². The zero-order valence-corrected chi connectivity index (χ0v) is 19.5. The first-order valence-corrected chi connectivity index (χ1v) is 12.2. The van der Waals surface area contributed by atoms with Gasteiger partial charge in [-0.3, -0.25) is 14.2 Å². The van der Waals surface area contributed by atoms with Crippen molar-refractivity contribution in [2.75, 3.05) is 24.9 Å². The number of likely N-dealkylation sites (tertiary alicyclic amines) is 1. The van der Waals surface area contributed by atoms with Gasteiger partial charge < -0.3 is 9.15 Å². The maximum absolute atomic E-state index is 13.1. The van der Waals surface area contributed by atoms with Gasteiger partial charge in [0.05, 0.1) is 29.9 Å². The van der Waals surface area contributed by atoms with Gasteiger partial charge in [0.15, 0.2) is 5.58 Å². The van der Waals surface area contributed by atoms with Gasteiger partial charge in [-0.15, -0.1) is 0 Å². The largest absolute Gasteiger partial charge is 0.495 e. The van der Waals surface area contributed by atoms with Crippen LogP contribution in [0.5, 0.6) is 5.75 Å². The third kappa shape index (κ3) is 4.63. The maximum atomic E-state index is 13.1. The summed E-state index contributed by atoms with van der Waals surface area (Å²) in [5.41, 5.74) is 1.61. The van der Waals surface area contributed by atoms with Crippen LogP contribution in [0, 0.1) is 16.7 Å². The molecule has 1 aliphatic rings. The molecule has 2 atom stereocenters. The van der Waals surface area contributed by atoms with Crippen LogP contribution in [-0.4, -0.2) is 38.1 Å². The van der Waals surface area contributed by atoms with Gasteiger partial charge in [-0.05, 0) is 60.8 Å². The smallest absolute Gasteiger partial charge is 0.270 e. The fraction of sp³-hybridized carbons (Fsp3) is 0.409. The minimum atomic E-state index is -3.83. The van der Waals surface area contributed by atoms with Gasteiger partial charge in [0.25, 0.3) is 14.9 Å². The molecular formula is C22H27N3O4S2. The third-order valence-corrected chi connectivity index (χ3v) is 7.25. The van der Waals surface area contributed by atoms with E-state index in [1.807, 2.05) is 4.57 Å². The van der Waals surface area contributed by atoms with Gasteiger partial charge in [-0.25, -0.2) is 8.42 Å². The Morgan fingerprint density at radius 1 is 1.16 bits per heavy atom. The summed E-state index contributed by atoms with van der Waals surface area (Å²) >= 11 is 5.44. The Hall–Kier alpha value is -2.36. The van der Waals surface area contributed by atoms with E-state index < -0.39 is 10.0 Å². The van der Waals surface area contributed by atoms with E-state index in [0.29, 0.717) is 45.9 Å². The molecule has 2 heterocycles. The normalized spacial score (nSPS) is 20.1. The lowest BCUT2D eigenvalue weighted by Crippen LogP contribution is -2.39. The Bertz CT molecular complexity index is 1240. The molecule has 2 aromatic carbocycles. The zero-order valence-electron chi connectivity index (χ0n) is 17.9. The van der Waals surface area contributed by atoms with Crippen molar-refractivity contribution in [1.82, 2.24) is 9.47 Å². The molecule has 1 saturated heterocycles. The fourth-order valence-corrected chi connectivity index (χ4v) is 5.72. The van der Waals surface area contributed by atoms with Crippen molar-refractivity contribution in [2.24, 2.45) is 11.8 Å². The molecule has 166 valence electrons. The molecule has 1 aliphatic heterocycles. The summed E-state index contributed by atoms with van der Waals surface area (Å²) in [6, 6.07) is 11.7. The summed E-state index contributed by atoms with van der Waals surface area (Å²) in [5, 5.41) is 0. The second-order valence-corrected chi connectivity index (χ2v) is 10.4. The maximum Gasteiger partial charge on any atom is 0.270 e. The van der Waals surface area contributed by atoms with Crippen molar-refractivity contribution in [2.45, 2.75) is 31.8 Å². The molecular weight excluding hydrogens is 434 g/mol. The molecule has 1 aromatic heterocycles. The summed E-state index contributed by atoms with van der Waals surface area (Å²) < 4.78 is 41.6. The molecule has 0 saturated carbocycles. The summed E-state index contributed by atoms with van der Waals surface area (Å²) in [6.45, 7) is 7.04. The van der Waals surface area contributed by atoms with Crippen molar-refractivity contribution in [3.8, 4) is 5.75 Å². The van der Waals surface area contributed by atoms with Crippen LogP contribution in [0.15, 0.2) is 51.8 Å². The molecule has 0 spiro atoms. The second kappa shape index (κ2) is 8.64. The van der Waals surface area contributed by atoms with E-state index in [4.69, 9.17) is 21.4 Å². The van der Waals surface area contributed by atoms with Crippen LogP contribution in [-0.2, 0) is 16.7 Å². The highest BCUT2D eigenvalue weighted by molar-refractivity contribution is 7.92. The molecule has 1 fully saturated rings. The van der Waals surface area contributed by atoms with Crippen LogP contribution >= 0.6 is 12.2 Å². The zero-order chi connectivity index (χ0) is 22.2. The number of benzene rings is 2. The Labute approximate surface area is 187 Å². The summed E-state index contributed by atoms with van der Waals surface area (Å²) in [5.74, 6) is 1.67. The highest BCUT2D eigenvalue weighted by Crippen LogP contribution is 2.29. The lowest BCUT2D eigenvalue weighted by atomic mass is 9.92.